The summed E-state index contributed by atoms with van der Waals surface area (Å²) < 4.78 is 0. The second kappa shape index (κ2) is 5.65. The first-order valence-corrected chi connectivity index (χ1v) is 5.11. The molecule has 4 nitrogen and oxygen atoms in total. The van der Waals surface area contributed by atoms with Gasteiger partial charge in [0.05, 0.1) is 0 Å². The van der Waals surface area contributed by atoms with E-state index in [9.17, 15) is 4.79 Å². The summed E-state index contributed by atoms with van der Waals surface area (Å²) in [5.74, 6) is 0. The number of nitrogens with one attached hydrogen (secondary N) is 3. The van der Waals surface area contributed by atoms with Crippen molar-refractivity contribution in [2.75, 3.05) is 13.1 Å². The summed E-state index contributed by atoms with van der Waals surface area (Å²) in [7, 11) is 0. The van der Waals surface area contributed by atoms with Gasteiger partial charge in [-0.2, -0.15) is 0 Å². The molecule has 2 atom stereocenters. The molecule has 3 N–H and O–H groups in total. The third-order valence-corrected chi connectivity index (χ3v) is 2.37. The third-order valence-electron chi connectivity index (χ3n) is 2.37. The molecular formula is C10H19N3O. The molecule has 1 saturated heterocycles. The van der Waals surface area contributed by atoms with Crippen molar-refractivity contribution >= 4 is 6.03 Å². The van der Waals surface area contributed by atoms with E-state index in [1.54, 1.807) is 6.08 Å². The molecule has 0 bridgehead atoms. The molecule has 1 heterocycles. The number of carbonyl (C=O) groups is 1. The van der Waals surface area contributed by atoms with Crippen molar-refractivity contribution in [3.05, 3.63) is 12.7 Å². The van der Waals surface area contributed by atoms with Crippen LogP contribution in [0.15, 0.2) is 12.7 Å². The molecule has 1 aliphatic rings. The van der Waals surface area contributed by atoms with E-state index in [4.69, 9.17) is 0 Å². The minimum atomic E-state index is -0.0935. The lowest BCUT2D eigenvalue weighted by molar-refractivity contribution is 0.231. The molecular weight excluding hydrogens is 178 g/mol. The summed E-state index contributed by atoms with van der Waals surface area (Å²) in [4.78, 5) is 11.3. The van der Waals surface area contributed by atoms with Gasteiger partial charge in [-0.05, 0) is 26.3 Å². The maximum Gasteiger partial charge on any atom is 0.315 e. The van der Waals surface area contributed by atoms with E-state index in [2.05, 4.69) is 29.5 Å². The number of hydrogen-bond acceptors (Lipinski definition) is 2. The summed E-state index contributed by atoms with van der Waals surface area (Å²) >= 11 is 0. The molecule has 0 saturated carbocycles. The van der Waals surface area contributed by atoms with Gasteiger partial charge in [-0.25, -0.2) is 4.79 Å². The Kier molecular flexibility index (Phi) is 4.46. The molecule has 0 radical (unpaired) electrons. The minimum Gasteiger partial charge on any atom is -0.335 e. The van der Waals surface area contributed by atoms with Crippen LogP contribution in [-0.2, 0) is 0 Å². The number of rotatable bonds is 3. The fraction of sp³-hybridized carbons (Fsp3) is 0.700. The predicted molar refractivity (Wildman–Crippen MR) is 57.2 cm³/mol. The zero-order valence-corrected chi connectivity index (χ0v) is 8.68. The number of amides is 2. The molecule has 0 aromatic rings. The van der Waals surface area contributed by atoms with Crippen molar-refractivity contribution < 1.29 is 4.79 Å². The molecule has 2 unspecified atom stereocenters. The van der Waals surface area contributed by atoms with Gasteiger partial charge in [0.1, 0.15) is 0 Å². The molecule has 80 valence electrons. The van der Waals surface area contributed by atoms with Crippen molar-refractivity contribution in [2.45, 2.75) is 31.8 Å². The van der Waals surface area contributed by atoms with Crippen LogP contribution in [0.5, 0.6) is 0 Å². The number of hydrogen-bond donors (Lipinski definition) is 3. The second-order valence-electron chi connectivity index (χ2n) is 3.72. The van der Waals surface area contributed by atoms with Gasteiger partial charge in [-0.1, -0.05) is 6.08 Å². The summed E-state index contributed by atoms with van der Waals surface area (Å²) in [6.45, 7) is 7.17. The van der Waals surface area contributed by atoms with Crippen LogP contribution in [0, 0.1) is 0 Å². The molecule has 0 spiro atoms. The quantitative estimate of drug-likeness (QED) is 0.581. The van der Waals surface area contributed by atoms with Gasteiger partial charge in [0.25, 0.3) is 0 Å². The first kappa shape index (κ1) is 11.0. The molecule has 0 aromatic heterocycles. The standard InChI is InChI=1S/C10H19N3O/c1-3-5-12-10(14)13-9-4-6-11-8(2)7-9/h3,8-9,11H,1,4-7H2,2H3,(H2,12,13,14). The van der Waals surface area contributed by atoms with Crippen molar-refractivity contribution in [3.63, 3.8) is 0 Å². The van der Waals surface area contributed by atoms with Gasteiger partial charge in [-0.3, -0.25) is 0 Å². The van der Waals surface area contributed by atoms with Crippen LogP contribution in [0.4, 0.5) is 4.79 Å². The van der Waals surface area contributed by atoms with E-state index in [1.807, 2.05) is 0 Å². The average Bonchev–Trinajstić information content (AvgIpc) is 2.15. The van der Waals surface area contributed by atoms with Crippen LogP contribution in [-0.4, -0.2) is 31.2 Å². The largest absolute Gasteiger partial charge is 0.335 e. The van der Waals surface area contributed by atoms with Crippen LogP contribution in [0.3, 0.4) is 0 Å². The highest BCUT2D eigenvalue weighted by Crippen LogP contribution is 2.07. The Bertz CT molecular complexity index is 206. The molecule has 2 amide bonds. The van der Waals surface area contributed by atoms with Gasteiger partial charge in [0, 0.05) is 18.6 Å². The third kappa shape index (κ3) is 3.79. The van der Waals surface area contributed by atoms with Crippen LogP contribution in [0.2, 0.25) is 0 Å². The summed E-state index contributed by atoms with van der Waals surface area (Å²) in [5.41, 5.74) is 0. The highest BCUT2D eigenvalue weighted by atomic mass is 16.2. The number of piperidine rings is 1. The Morgan fingerprint density at radius 3 is 3.14 bits per heavy atom. The Balaban J connectivity index is 2.21. The Morgan fingerprint density at radius 2 is 2.50 bits per heavy atom. The number of urea groups is 1. The van der Waals surface area contributed by atoms with Gasteiger partial charge < -0.3 is 16.0 Å². The topological polar surface area (TPSA) is 53.2 Å². The van der Waals surface area contributed by atoms with Crippen molar-refractivity contribution in [2.24, 2.45) is 0 Å². The van der Waals surface area contributed by atoms with Crippen LogP contribution >= 0.6 is 0 Å². The summed E-state index contributed by atoms with van der Waals surface area (Å²) in [6.07, 6.45) is 3.68. The maximum atomic E-state index is 11.3. The highest BCUT2D eigenvalue weighted by Gasteiger charge is 2.19. The smallest absolute Gasteiger partial charge is 0.315 e. The van der Waals surface area contributed by atoms with Crippen molar-refractivity contribution in [3.8, 4) is 0 Å². The molecule has 1 rings (SSSR count). The zero-order valence-electron chi connectivity index (χ0n) is 8.68. The SMILES string of the molecule is C=CCNC(=O)NC1CCNC(C)C1. The lowest BCUT2D eigenvalue weighted by Gasteiger charge is -2.28. The predicted octanol–water partition coefficient (Wildman–Crippen LogP) is 0.612. The monoisotopic (exact) mass is 197 g/mol. The van der Waals surface area contributed by atoms with Crippen molar-refractivity contribution in [1.82, 2.24) is 16.0 Å². The molecule has 1 aliphatic heterocycles. The molecule has 4 heteroatoms. The summed E-state index contributed by atoms with van der Waals surface area (Å²) in [5, 5.41) is 8.99. The molecule has 1 fully saturated rings. The Morgan fingerprint density at radius 1 is 1.71 bits per heavy atom. The van der Waals surface area contributed by atoms with Gasteiger partial charge in [0.2, 0.25) is 0 Å². The fourth-order valence-corrected chi connectivity index (χ4v) is 1.66. The molecule has 0 aliphatic carbocycles. The Labute approximate surface area is 85.1 Å². The van der Waals surface area contributed by atoms with E-state index >= 15 is 0 Å². The maximum absolute atomic E-state index is 11.3. The first-order chi connectivity index (χ1) is 6.72. The molecule has 14 heavy (non-hydrogen) atoms. The molecule has 0 aromatic carbocycles. The minimum absolute atomic E-state index is 0.0935. The number of carbonyl (C=O) groups excluding carboxylic acids is 1. The van der Waals surface area contributed by atoms with Gasteiger partial charge >= 0.3 is 6.03 Å². The van der Waals surface area contributed by atoms with E-state index in [0.717, 1.165) is 19.4 Å². The zero-order chi connectivity index (χ0) is 10.4. The van der Waals surface area contributed by atoms with E-state index < -0.39 is 0 Å². The second-order valence-corrected chi connectivity index (χ2v) is 3.72. The highest BCUT2D eigenvalue weighted by molar-refractivity contribution is 5.74. The normalized spacial score (nSPS) is 26.6. The van der Waals surface area contributed by atoms with Crippen molar-refractivity contribution in [1.29, 1.82) is 0 Å². The van der Waals surface area contributed by atoms with Crippen LogP contribution in [0.25, 0.3) is 0 Å². The lowest BCUT2D eigenvalue weighted by atomic mass is 10.0. The Hall–Kier alpha value is -1.03. The fourth-order valence-electron chi connectivity index (χ4n) is 1.66. The first-order valence-electron chi connectivity index (χ1n) is 5.11. The van der Waals surface area contributed by atoms with E-state index in [-0.39, 0.29) is 6.03 Å². The van der Waals surface area contributed by atoms with Crippen LogP contribution < -0.4 is 16.0 Å². The van der Waals surface area contributed by atoms with Crippen LogP contribution in [0.1, 0.15) is 19.8 Å². The summed E-state index contributed by atoms with van der Waals surface area (Å²) in [6, 6.07) is 0.702. The van der Waals surface area contributed by atoms with Gasteiger partial charge in [0.15, 0.2) is 0 Å². The van der Waals surface area contributed by atoms with E-state index in [0.29, 0.717) is 18.6 Å². The lowest BCUT2D eigenvalue weighted by Crippen LogP contribution is -2.49. The average molecular weight is 197 g/mol. The van der Waals surface area contributed by atoms with E-state index in [1.165, 1.54) is 0 Å². The van der Waals surface area contributed by atoms with Gasteiger partial charge in [-0.15, -0.1) is 6.58 Å².